The van der Waals surface area contributed by atoms with Crippen molar-refractivity contribution in [3.63, 3.8) is 0 Å². The molecular weight excluding hydrogens is 300 g/mol. The van der Waals surface area contributed by atoms with Crippen LogP contribution in [0.4, 0.5) is 4.79 Å². The van der Waals surface area contributed by atoms with Crippen LogP contribution in [0.2, 0.25) is 0 Å². The molecule has 0 bridgehead atoms. The molecule has 1 aliphatic rings. The zero-order chi connectivity index (χ0) is 17.1. The van der Waals surface area contributed by atoms with E-state index in [1.165, 1.54) is 19.3 Å². The summed E-state index contributed by atoms with van der Waals surface area (Å²) in [7, 11) is 0. The first-order chi connectivity index (χ1) is 11.5. The van der Waals surface area contributed by atoms with E-state index in [9.17, 15) is 4.79 Å². The fourth-order valence-electron chi connectivity index (χ4n) is 3.79. The minimum absolute atomic E-state index is 0.0968. The molecule has 0 aliphatic heterocycles. The van der Waals surface area contributed by atoms with E-state index >= 15 is 0 Å². The Balaban J connectivity index is 1.61. The molecular formula is C19H28N4O. The molecule has 1 fully saturated rings. The Kier molecular flexibility index (Phi) is 5.07. The van der Waals surface area contributed by atoms with Crippen molar-refractivity contribution in [2.24, 2.45) is 11.8 Å². The predicted molar refractivity (Wildman–Crippen MR) is 96.8 cm³/mol. The number of H-pyrrole nitrogens is 1. The van der Waals surface area contributed by atoms with Crippen LogP contribution < -0.4 is 10.6 Å². The van der Waals surface area contributed by atoms with Crippen molar-refractivity contribution in [2.45, 2.75) is 58.5 Å². The summed E-state index contributed by atoms with van der Waals surface area (Å²) in [5.74, 6) is 1.96. The molecule has 130 valence electrons. The predicted octanol–water partition coefficient (Wildman–Crippen LogP) is 4.14. The van der Waals surface area contributed by atoms with Gasteiger partial charge in [0.2, 0.25) is 0 Å². The number of nitrogens with one attached hydrogen (secondary N) is 3. The molecule has 2 amide bonds. The van der Waals surface area contributed by atoms with Crippen LogP contribution in [0.25, 0.3) is 11.0 Å². The van der Waals surface area contributed by atoms with E-state index in [0.717, 1.165) is 23.3 Å². The number of nitrogens with zero attached hydrogens (tertiary/aromatic N) is 1. The first-order valence-corrected chi connectivity index (χ1v) is 9.06. The molecule has 0 radical (unpaired) electrons. The number of amides is 2. The second-order valence-corrected chi connectivity index (χ2v) is 7.28. The van der Waals surface area contributed by atoms with Gasteiger partial charge in [-0.3, -0.25) is 0 Å². The summed E-state index contributed by atoms with van der Waals surface area (Å²) in [6.07, 6.45) is 4.77. The van der Waals surface area contributed by atoms with E-state index in [2.05, 4.69) is 34.4 Å². The molecule has 5 nitrogen and oxygen atoms in total. The third kappa shape index (κ3) is 3.71. The Morgan fingerprint density at radius 2 is 1.96 bits per heavy atom. The third-order valence-corrected chi connectivity index (χ3v) is 5.16. The van der Waals surface area contributed by atoms with Crippen molar-refractivity contribution in [2.75, 3.05) is 0 Å². The van der Waals surface area contributed by atoms with E-state index < -0.39 is 0 Å². The Morgan fingerprint density at radius 3 is 2.71 bits per heavy atom. The number of para-hydroxylation sites is 2. The number of urea groups is 1. The van der Waals surface area contributed by atoms with Crippen molar-refractivity contribution < 1.29 is 4.79 Å². The lowest BCUT2D eigenvalue weighted by Gasteiger charge is -2.35. The minimum atomic E-state index is -0.154. The lowest BCUT2D eigenvalue weighted by molar-refractivity contribution is 0.192. The van der Waals surface area contributed by atoms with Crippen LogP contribution in [-0.2, 0) is 0 Å². The lowest BCUT2D eigenvalue weighted by Crippen LogP contribution is -2.48. The van der Waals surface area contributed by atoms with Gasteiger partial charge in [-0.25, -0.2) is 9.78 Å². The van der Waals surface area contributed by atoms with Crippen molar-refractivity contribution in [1.29, 1.82) is 0 Å². The second-order valence-electron chi connectivity index (χ2n) is 7.28. The number of fused-ring (bicyclic) bond motifs is 1. The standard InChI is InChI=1S/C19H28N4O/c1-12(2)14-8-4-5-9-15(14)23-19(24)20-13(3)18-21-16-10-6-7-11-17(16)22-18/h6-7,10-15H,4-5,8-9H2,1-3H3,(H,21,22)(H2,20,23,24). The normalized spacial score (nSPS) is 22.5. The Labute approximate surface area is 143 Å². The number of aromatic nitrogens is 2. The summed E-state index contributed by atoms with van der Waals surface area (Å²) < 4.78 is 0. The maximum atomic E-state index is 12.4. The Hall–Kier alpha value is -2.04. The van der Waals surface area contributed by atoms with Crippen molar-refractivity contribution in [3.05, 3.63) is 30.1 Å². The van der Waals surface area contributed by atoms with E-state index in [1.807, 2.05) is 31.2 Å². The number of benzene rings is 1. The van der Waals surface area contributed by atoms with Crippen LogP contribution in [0.3, 0.4) is 0 Å². The molecule has 1 heterocycles. The molecule has 1 aliphatic carbocycles. The molecule has 24 heavy (non-hydrogen) atoms. The topological polar surface area (TPSA) is 69.8 Å². The molecule has 3 unspecified atom stereocenters. The monoisotopic (exact) mass is 328 g/mol. The zero-order valence-electron chi connectivity index (χ0n) is 14.8. The van der Waals surface area contributed by atoms with Gasteiger partial charge in [-0.2, -0.15) is 0 Å². The van der Waals surface area contributed by atoms with Gasteiger partial charge in [-0.1, -0.05) is 38.8 Å². The smallest absolute Gasteiger partial charge is 0.315 e. The van der Waals surface area contributed by atoms with Crippen LogP contribution in [0.15, 0.2) is 24.3 Å². The van der Waals surface area contributed by atoms with Crippen molar-refractivity contribution in [3.8, 4) is 0 Å². The summed E-state index contributed by atoms with van der Waals surface area (Å²) in [6.45, 7) is 6.46. The maximum Gasteiger partial charge on any atom is 0.315 e. The quantitative estimate of drug-likeness (QED) is 0.789. The van der Waals surface area contributed by atoms with Crippen molar-refractivity contribution >= 4 is 17.1 Å². The van der Waals surface area contributed by atoms with Gasteiger partial charge in [0, 0.05) is 6.04 Å². The van der Waals surface area contributed by atoms with E-state index in [1.54, 1.807) is 0 Å². The molecule has 3 rings (SSSR count). The molecule has 1 aromatic heterocycles. The Bertz CT molecular complexity index is 660. The first kappa shape index (κ1) is 16.8. The van der Waals surface area contributed by atoms with Crippen molar-refractivity contribution in [1.82, 2.24) is 20.6 Å². The van der Waals surface area contributed by atoms with E-state index in [0.29, 0.717) is 11.8 Å². The van der Waals surface area contributed by atoms with Gasteiger partial charge in [0.25, 0.3) is 0 Å². The number of hydrogen-bond donors (Lipinski definition) is 3. The van der Waals surface area contributed by atoms with E-state index in [-0.39, 0.29) is 18.1 Å². The molecule has 3 N–H and O–H groups in total. The molecule has 1 saturated carbocycles. The molecule has 0 saturated heterocycles. The molecule has 5 heteroatoms. The van der Waals surface area contributed by atoms with Gasteiger partial charge >= 0.3 is 6.03 Å². The van der Waals surface area contributed by atoms with Gasteiger partial charge in [0.05, 0.1) is 17.1 Å². The molecule has 3 atom stereocenters. The highest BCUT2D eigenvalue weighted by Gasteiger charge is 2.29. The second kappa shape index (κ2) is 7.24. The summed E-state index contributed by atoms with van der Waals surface area (Å²) in [4.78, 5) is 20.2. The molecule has 0 spiro atoms. The summed E-state index contributed by atoms with van der Waals surface area (Å²) in [6, 6.07) is 7.93. The number of carbonyl (C=O) groups excluding carboxylic acids is 1. The highest BCUT2D eigenvalue weighted by Crippen LogP contribution is 2.30. The number of carbonyl (C=O) groups is 1. The van der Waals surface area contributed by atoms with Gasteiger partial charge < -0.3 is 15.6 Å². The number of imidazole rings is 1. The first-order valence-electron chi connectivity index (χ1n) is 9.06. The average molecular weight is 328 g/mol. The van der Waals surface area contributed by atoms with Crippen LogP contribution in [0.1, 0.15) is 58.3 Å². The largest absolute Gasteiger partial charge is 0.340 e. The zero-order valence-corrected chi connectivity index (χ0v) is 14.8. The SMILES string of the molecule is CC(NC(=O)NC1CCCCC1C(C)C)c1nc2ccccc2[nH]1. The minimum Gasteiger partial charge on any atom is -0.340 e. The van der Waals surface area contributed by atoms with Gasteiger partial charge in [-0.05, 0) is 43.7 Å². The lowest BCUT2D eigenvalue weighted by atomic mass is 9.78. The van der Waals surface area contributed by atoms with Gasteiger partial charge in [-0.15, -0.1) is 0 Å². The highest BCUT2D eigenvalue weighted by molar-refractivity contribution is 5.76. The number of aromatic amines is 1. The third-order valence-electron chi connectivity index (χ3n) is 5.16. The van der Waals surface area contributed by atoms with Crippen LogP contribution in [0, 0.1) is 11.8 Å². The van der Waals surface area contributed by atoms with Crippen LogP contribution in [0.5, 0.6) is 0 Å². The van der Waals surface area contributed by atoms with Crippen LogP contribution >= 0.6 is 0 Å². The highest BCUT2D eigenvalue weighted by atomic mass is 16.2. The Morgan fingerprint density at radius 1 is 1.21 bits per heavy atom. The molecule has 2 aromatic rings. The van der Waals surface area contributed by atoms with Gasteiger partial charge in [0.1, 0.15) is 5.82 Å². The van der Waals surface area contributed by atoms with E-state index in [4.69, 9.17) is 0 Å². The van der Waals surface area contributed by atoms with Crippen LogP contribution in [-0.4, -0.2) is 22.0 Å². The summed E-state index contributed by atoms with van der Waals surface area (Å²) >= 11 is 0. The fraction of sp³-hybridized carbons (Fsp3) is 0.579. The average Bonchev–Trinajstić information content (AvgIpc) is 2.99. The van der Waals surface area contributed by atoms with Gasteiger partial charge in [0.15, 0.2) is 0 Å². The molecule has 1 aromatic carbocycles. The number of rotatable bonds is 4. The fourth-order valence-corrected chi connectivity index (χ4v) is 3.79. The summed E-state index contributed by atoms with van der Waals surface area (Å²) in [5, 5.41) is 6.21. The maximum absolute atomic E-state index is 12.4. The number of hydrogen-bond acceptors (Lipinski definition) is 2. The summed E-state index contributed by atoms with van der Waals surface area (Å²) in [5.41, 5.74) is 1.92.